The number of nitrogens with zero attached hydrogens (tertiary/aromatic N) is 4. The Morgan fingerprint density at radius 1 is 1.32 bits per heavy atom. The van der Waals surface area contributed by atoms with Gasteiger partial charge in [-0.15, -0.1) is 11.6 Å². The van der Waals surface area contributed by atoms with Gasteiger partial charge in [0.15, 0.2) is 5.65 Å². The summed E-state index contributed by atoms with van der Waals surface area (Å²) in [6.07, 6.45) is 6.25. The van der Waals surface area contributed by atoms with Gasteiger partial charge in [0.05, 0.1) is 17.3 Å². The topological polar surface area (TPSA) is 57.9 Å². The average molecular weight is 319 g/mol. The van der Waals surface area contributed by atoms with Crippen LogP contribution in [0, 0.1) is 0 Å². The summed E-state index contributed by atoms with van der Waals surface area (Å²) < 4.78 is 1.91. The van der Waals surface area contributed by atoms with Crippen LogP contribution in [0.5, 0.6) is 0 Å². The zero-order valence-corrected chi connectivity index (χ0v) is 12.9. The van der Waals surface area contributed by atoms with Gasteiger partial charge < -0.3 is 4.40 Å². The molecule has 3 amide bonds. The van der Waals surface area contributed by atoms with Crippen LogP contribution in [0.1, 0.15) is 30.0 Å². The van der Waals surface area contributed by atoms with Crippen LogP contribution >= 0.6 is 11.6 Å². The minimum atomic E-state index is -0.310. The first kappa shape index (κ1) is 13.6. The van der Waals surface area contributed by atoms with Crippen LogP contribution in [-0.4, -0.2) is 39.8 Å². The van der Waals surface area contributed by atoms with Crippen LogP contribution in [0.2, 0.25) is 0 Å². The molecule has 0 aromatic carbocycles. The molecule has 0 bridgehead atoms. The number of carbonyl (C=O) groups excluding carboxylic acids is 2. The lowest BCUT2D eigenvalue weighted by molar-refractivity contribution is -0.123. The summed E-state index contributed by atoms with van der Waals surface area (Å²) in [5.74, 6) is 0.646. The number of hydrogen-bond donors (Lipinski definition) is 0. The highest BCUT2D eigenvalue weighted by Gasteiger charge is 2.36. The quantitative estimate of drug-likeness (QED) is 0.645. The molecule has 1 saturated carbocycles. The van der Waals surface area contributed by atoms with Gasteiger partial charge in [0.25, 0.3) is 0 Å². The van der Waals surface area contributed by atoms with Gasteiger partial charge in [-0.1, -0.05) is 0 Å². The number of alkyl halides is 1. The normalized spacial score (nSPS) is 18.8. The number of fused-ring (bicyclic) bond motifs is 1. The summed E-state index contributed by atoms with van der Waals surface area (Å²) in [5.41, 5.74) is 3.28. The van der Waals surface area contributed by atoms with Crippen molar-refractivity contribution < 1.29 is 9.59 Å². The van der Waals surface area contributed by atoms with E-state index in [1.807, 2.05) is 22.9 Å². The van der Waals surface area contributed by atoms with E-state index in [1.165, 1.54) is 17.5 Å². The van der Waals surface area contributed by atoms with Crippen LogP contribution in [0.4, 0.5) is 10.5 Å². The van der Waals surface area contributed by atoms with Crippen LogP contribution in [0.3, 0.4) is 0 Å². The number of imidazole rings is 1. The summed E-state index contributed by atoms with van der Waals surface area (Å²) >= 11 is 5.88. The second-order valence-corrected chi connectivity index (χ2v) is 6.12. The van der Waals surface area contributed by atoms with E-state index in [0.717, 1.165) is 23.4 Å². The molecule has 0 unspecified atom stereocenters. The van der Waals surface area contributed by atoms with Gasteiger partial charge in [-0.05, 0) is 30.4 Å². The third-order valence-electron chi connectivity index (χ3n) is 4.26. The molecule has 4 rings (SSSR count). The Morgan fingerprint density at radius 2 is 2.09 bits per heavy atom. The predicted octanol–water partition coefficient (Wildman–Crippen LogP) is 2.35. The molecule has 2 fully saturated rings. The number of amides is 3. The molecule has 0 N–H and O–H groups in total. The molecular formula is C15H15ClN4O2. The van der Waals surface area contributed by atoms with Gasteiger partial charge in [0, 0.05) is 19.4 Å². The average Bonchev–Trinajstić information content (AvgIpc) is 3.23. The second-order valence-electron chi connectivity index (χ2n) is 5.85. The minimum Gasteiger partial charge on any atom is -0.305 e. The number of rotatable bonds is 3. The summed E-state index contributed by atoms with van der Waals surface area (Å²) in [5, 5.41) is 0. The monoisotopic (exact) mass is 318 g/mol. The maximum absolute atomic E-state index is 12.3. The Hall–Kier alpha value is -2.08. The Kier molecular flexibility index (Phi) is 2.91. The zero-order valence-electron chi connectivity index (χ0n) is 12.1. The second kappa shape index (κ2) is 4.71. The van der Waals surface area contributed by atoms with Gasteiger partial charge in [0.2, 0.25) is 5.91 Å². The van der Waals surface area contributed by atoms with Gasteiger partial charge >= 0.3 is 6.03 Å². The van der Waals surface area contributed by atoms with E-state index in [4.69, 9.17) is 11.6 Å². The fraction of sp³-hybridized carbons (Fsp3) is 0.400. The van der Waals surface area contributed by atoms with E-state index in [1.54, 1.807) is 0 Å². The van der Waals surface area contributed by atoms with Crippen LogP contribution in [-0.2, 0) is 10.7 Å². The van der Waals surface area contributed by atoms with Crippen LogP contribution in [0.25, 0.3) is 5.65 Å². The molecule has 0 atom stereocenters. The predicted molar refractivity (Wildman–Crippen MR) is 82.2 cm³/mol. The number of anilines is 1. The van der Waals surface area contributed by atoms with Crippen molar-refractivity contribution in [2.24, 2.45) is 0 Å². The highest BCUT2D eigenvalue weighted by molar-refractivity contribution is 6.17. The number of urea groups is 1. The molecule has 6 nitrogen and oxygen atoms in total. The first-order valence-corrected chi connectivity index (χ1v) is 7.77. The van der Waals surface area contributed by atoms with E-state index >= 15 is 0 Å². The van der Waals surface area contributed by atoms with Crippen LogP contribution in [0.15, 0.2) is 18.5 Å². The maximum Gasteiger partial charge on any atom is 0.331 e. The Morgan fingerprint density at radius 3 is 2.68 bits per heavy atom. The number of imide groups is 1. The molecule has 22 heavy (non-hydrogen) atoms. The van der Waals surface area contributed by atoms with E-state index in [2.05, 4.69) is 4.98 Å². The molecule has 0 radical (unpaired) electrons. The molecule has 2 aromatic heterocycles. The molecule has 3 heterocycles. The Bertz CT molecular complexity index is 796. The van der Waals surface area contributed by atoms with E-state index < -0.39 is 0 Å². The first-order valence-electron chi connectivity index (χ1n) is 7.24. The fourth-order valence-corrected chi connectivity index (χ4v) is 2.97. The highest BCUT2D eigenvalue weighted by atomic mass is 35.5. The third-order valence-corrected chi connectivity index (χ3v) is 4.54. The number of pyridine rings is 1. The van der Waals surface area contributed by atoms with Crippen molar-refractivity contribution >= 4 is 34.9 Å². The molecule has 114 valence electrons. The lowest BCUT2D eigenvalue weighted by Crippen LogP contribution is -2.30. The van der Waals surface area contributed by atoms with Gasteiger partial charge in [-0.3, -0.25) is 14.6 Å². The molecule has 0 spiro atoms. The van der Waals surface area contributed by atoms with Crippen molar-refractivity contribution in [1.29, 1.82) is 0 Å². The minimum absolute atomic E-state index is 0.0577. The van der Waals surface area contributed by atoms with E-state index in [0.29, 0.717) is 23.1 Å². The largest absolute Gasteiger partial charge is 0.331 e. The first-order chi connectivity index (χ1) is 10.6. The van der Waals surface area contributed by atoms with Crippen molar-refractivity contribution in [2.75, 3.05) is 18.5 Å². The van der Waals surface area contributed by atoms with Crippen molar-refractivity contribution in [3.05, 3.63) is 29.7 Å². The number of likely N-dealkylation sites (N-methyl/N-ethyl adjacent to an activating group) is 1. The summed E-state index contributed by atoms with van der Waals surface area (Å²) in [6.45, 7) is 0.0577. The van der Waals surface area contributed by atoms with E-state index in [9.17, 15) is 9.59 Å². The molecule has 1 aliphatic carbocycles. The molecular weight excluding hydrogens is 304 g/mol. The maximum atomic E-state index is 12.3. The zero-order chi connectivity index (χ0) is 15.4. The van der Waals surface area contributed by atoms with Crippen LogP contribution < -0.4 is 4.90 Å². The van der Waals surface area contributed by atoms with Crippen molar-refractivity contribution in [3.8, 4) is 0 Å². The van der Waals surface area contributed by atoms with Crippen molar-refractivity contribution in [3.63, 3.8) is 0 Å². The van der Waals surface area contributed by atoms with E-state index in [-0.39, 0.29) is 18.5 Å². The van der Waals surface area contributed by atoms with Gasteiger partial charge in [-0.2, -0.15) is 0 Å². The smallest absolute Gasteiger partial charge is 0.305 e. The SMILES string of the molecule is CN1C(=O)CN(c2cc(C3CC3)cn3cc(CCl)nc23)C1=O. The molecule has 7 heteroatoms. The molecule has 2 aliphatic rings. The standard InChI is InChI=1S/C15H15ClN4O2/c1-18-13(21)8-20(15(18)22)12-4-10(9-2-3-9)6-19-7-11(5-16)17-14(12)19/h4,6-7,9H,2-3,5,8H2,1H3. The molecule has 2 aromatic rings. The lowest BCUT2D eigenvalue weighted by Gasteiger charge is -2.17. The summed E-state index contributed by atoms with van der Waals surface area (Å²) in [4.78, 5) is 31.2. The number of carbonyl (C=O) groups is 2. The third kappa shape index (κ3) is 1.98. The summed E-state index contributed by atoms with van der Waals surface area (Å²) in [7, 11) is 1.50. The number of halogens is 1. The molecule has 1 saturated heterocycles. The Balaban J connectivity index is 1.89. The molecule has 1 aliphatic heterocycles. The lowest BCUT2D eigenvalue weighted by atomic mass is 10.1. The number of hydrogen-bond acceptors (Lipinski definition) is 3. The fourth-order valence-electron chi connectivity index (χ4n) is 2.84. The van der Waals surface area contributed by atoms with Crippen molar-refractivity contribution in [1.82, 2.24) is 14.3 Å². The number of aromatic nitrogens is 2. The summed E-state index contributed by atoms with van der Waals surface area (Å²) in [6, 6.07) is 1.68. The van der Waals surface area contributed by atoms with Gasteiger partial charge in [-0.25, -0.2) is 9.78 Å². The highest BCUT2D eigenvalue weighted by Crippen LogP contribution is 2.42. The van der Waals surface area contributed by atoms with Gasteiger partial charge in [0.1, 0.15) is 6.54 Å². The Labute approximate surface area is 132 Å². The van der Waals surface area contributed by atoms with Crippen molar-refractivity contribution in [2.45, 2.75) is 24.6 Å².